The second-order valence-corrected chi connectivity index (χ2v) is 17.1. The molecule has 1 aliphatic heterocycles. The number of hydrogen-bond donors (Lipinski definition) is 2. The maximum Gasteiger partial charge on any atom is 0.319 e. The number of carbonyl (C=O) groups excluding carboxylic acids is 2. The van der Waals surface area contributed by atoms with E-state index in [1.165, 1.54) is 50.5 Å². The first-order valence-corrected chi connectivity index (χ1v) is 22.3. The predicted molar refractivity (Wildman–Crippen MR) is 258 cm³/mol. The van der Waals surface area contributed by atoms with Gasteiger partial charge in [0.05, 0.1) is 22.4 Å². The van der Waals surface area contributed by atoms with Crippen LogP contribution >= 0.6 is 45.3 Å². The van der Waals surface area contributed by atoms with Crippen LogP contribution in [0, 0.1) is 23.8 Å². The summed E-state index contributed by atoms with van der Waals surface area (Å²) in [6.07, 6.45) is 14.7. The van der Waals surface area contributed by atoms with Crippen LogP contribution in [-0.2, 0) is 31.8 Å². The number of aliphatic hydroxyl groups excluding tert-OH is 2. The van der Waals surface area contributed by atoms with Crippen molar-refractivity contribution in [3.05, 3.63) is 147 Å². The predicted octanol–water partition coefficient (Wildman–Crippen LogP) is 7.16. The van der Waals surface area contributed by atoms with E-state index in [9.17, 15) is 40.0 Å². The number of allylic oxidation sites excluding steroid dienone is 7. The van der Waals surface area contributed by atoms with Crippen molar-refractivity contribution >= 4 is 101 Å². The normalized spacial score (nSPS) is 18.0. The zero-order valence-electron chi connectivity index (χ0n) is 36.1. The fraction of sp³-hybridized carbons (Fsp3) is 0.233. The van der Waals surface area contributed by atoms with Crippen LogP contribution in [0.1, 0.15) is 45.2 Å². The maximum absolute atomic E-state index is 10.9. The third-order valence-corrected chi connectivity index (χ3v) is 12.4. The number of ketones is 2. The zero-order chi connectivity index (χ0) is 47.4. The molecule has 23 heteroatoms. The van der Waals surface area contributed by atoms with E-state index in [0.29, 0.717) is 0 Å². The number of nitrogens with zero attached hydrogens (tertiary/aromatic N) is 10. The van der Waals surface area contributed by atoms with Gasteiger partial charge in [0, 0.05) is 103 Å². The number of aromatic nitrogens is 2. The number of hydrogen-bond acceptors (Lipinski definition) is 16. The summed E-state index contributed by atoms with van der Waals surface area (Å²) in [6.45, 7) is 11.0. The largest absolute Gasteiger partial charge is 0.506 e. The Morgan fingerprint density at radius 2 is 1.36 bits per heavy atom. The summed E-state index contributed by atoms with van der Waals surface area (Å²) in [4.78, 5) is 51.3. The molecule has 7 rings (SSSR count). The van der Waals surface area contributed by atoms with Gasteiger partial charge in [-0.1, -0.05) is 29.6 Å². The van der Waals surface area contributed by atoms with Gasteiger partial charge in [0.25, 0.3) is 0 Å². The number of methoxy groups -OCH3 is 1. The molecule has 3 heterocycles. The molecule has 1 unspecified atom stereocenters. The summed E-state index contributed by atoms with van der Waals surface area (Å²) in [5, 5.41) is 53.9. The minimum atomic E-state index is -0.583. The van der Waals surface area contributed by atoms with E-state index in [2.05, 4.69) is 146 Å². The quantitative estimate of drug-likeness (QED) is 0.0499. The number of carbonyl (C=O) groups is 2. The minimum absolute atomic E-state index is 0. The van der Waals surface area contributed by atoms with Crippen molar-refractivity contribution in [3.63, 3.8) is 0 Å². The van der Waals surface area contributed by atoms with E-state index in [4.69, 9.17) is 4.74 Å². The topological polar surface area (TPSA) is 254 Å². The molecule has 347 valence electrons. The van der Waals surface area contributed by atoms with Crippen molar-refractivity contribution in [1.82, 2.24) is 9.97 Å². The Balaban J connectivity index is 0.000000225. The Hall–Kier alpha value is -6.41. The Labute approximate surface area is 409 Å². The molecule has 2 aromatic carbocycles. The van der Waals surface area contributed by atoms with Crippen LogP contribution in [0.25, 0.3) is 6.08 Å². The van der Waals surface area contributed by atoms with Crippen LogP contribution in [0.15, 0.2) is 123 Å². The first-order valence-electron chi connectivity index (χ1n) is 19.6. The number of nitro groups is 2. The zero-order valence-corrected chi connectivity index (χ0v) is 40.9. The van der Waals surface area contributed by atoms with Crippen molar-refractivity contribution in [2.45, 2.75) is 39.5 Å². The molecule has 0 bridgehead atoms. The third kappa shape index (κ3) is 12.9. The number of aliphatic hydroxyl groups is 2. The molecule has 1 atom stereocenters. The van der Waals surface area contributed by atoms with E-state index >= 15 is 0 Å². The molecule has 0 spiro atoms. The van der Waals surface area contributed by atoms with Gasteiger partial charge in [0.15, 0.2) is 17.3 Å². The van der Waals surface area contributed by atoms with Gasteiger partial charge in [-0.25, -0.2) is 0 Å². The van der Waals surface area contributed by atoms with E-state index in [-0.39, 0.29) is 76.3 Å². The number of ether oxygens (including phenoxy) is 1. The molecule has 0 amide bonds. The number of rotatable bonds is 11. The molecule has 66 heavy (non-hydrogen) atoms. The van der Waals surface area contributed by atoms with Crippen molar-refractivity contribution in [3.8, 4) is 5.75 Å². The first-order chi connectivity index (χ1) is 31.0. The monoisotopic (exact) mass is 1090 g/mol. The van der Waals surface area contributed by atoms with E-state index < -0.39 is 9.85 Å². The van der Waals surface area contributed by atoms with Crippen molar-refractivity contribution in [2.24, 2.45) is 20.4 Å². The fourth-order valence-corrected chi connectivity index (χ4v) is 8.08. The number of fused-ring (bicyclic) bond motifs is 1. The summed E-state index contributed by atoms with van der Waals surface area (Å²) in [5.74, 6) is -0.403. The summed E-state index contributed by atoms with van der Waals surface area (Å²) in [6, 6.07) is 13.3. The van der Waals surface area contributed by atoms with Gasteiger partial charge in [-0.2, -0.15) is 4.58 Å². The van der Waals surface area contributed by atoms with E-state index in [1.807, 2.05) is 0 Å². The summed E-state index contributed by atoms with van der Waals surface area (Å²) in [7, 11) is 3.93. The smallest absolute Gasteiger partial charge is 0.319 e. The molecule has 0 saturated heterocycles. The Kier molecular flexibility index (Phi) is 18.7. The van der Waals surface area contributed by atoms with Gasteiger partial charge < -0.3 is 40.0 Å². The van der Waals surface area contributed by atoms with Crippen molar-refractivity contribution in [1.29, 1.82) is 0 Å². The minimum Gasteiger partial charge on any atom is -0.506 e. The molecule has 3 aliphatic rings. The van der Waals surface area contributed by atoms with Crippen LogP contribution in [0.5, 0.6) is 5.75 Å². The van der Waals surface area contributed by atoms with E-state index in [0.717, 1.165) is 78.0 Å². The Bertz CT molecular complexity index is 2800. The average Bonchev–Trinajstić information content (AvgIpc) is 4.02. The SMILES string of the molecule is CCN(CC)c1ccc(/C=C/C2=[N+](C)c3ccc(I)cc3C2(C)CC)c(OC)c1.O=C1C=CC(=NN=c2[n-]cc([N+](=O)[O-])s2)C(O)=C1.O=C1C=CC(=NN=c2[n-]cc([N+](=O)[O-])s2)C(O)=C1.[Co]. The van der Waals surface area contributed by atoms with Crippen LogP contribution in [0.2, 0.25) is 0 Å². The maximum atomic E-state index is 10.9. The van der Waals surface area contributed by atoms with Crippen LogP contribution in [0.4, 0.5) is 21.4 Å². The number of halogens is 1. The molecule has 19 nitrogen and oxygen atoms in total. The Morgan fingerprint density at radius 1 is 0.833 bits per heavy atom. The fourth-order valence-electron chi connectivity index (χ4n) is 6.48. The van der Waals surface area contributed by atoms with Crippen LogP contribution < -0.4 is 29.2 Å². The molecular weight excluding hydrogens is 1050 g/mol. The second kappa shape index (κ2) is 23.7. The van der Waals surface area contributed by atoms with Gasteiger partial charge in [0.2, 0.25) is 5.69 Å². The summed E-state index contributed by atoms with van der Waals surface area (Å²) >= 11 is 3.92. The van der Waals surface area contributed by atoms with Crippen LogP contribution in [0.3, 0.4) is 0 Å². The average molecular weight is 1090 g/mol. The van der Waals surface area contributed by atoms with Crippen molar-refractivity contribution < 1.29 is 55.7 Å². The number of anilines is 1. The van der Waals surface area contributed by atoms with Gasteiger partial charge in [-0.15, -0.1) is 0 Å². The molecule has 0 fully saturated rings. The standard InChI is InChI=1S/C25H32IN2O.2C9H6N4O4S.Co/c1-7-25(4)21-16-19(26)12-14-22(21)27(5)24(25)15-11-18-10-13-20(17-23(18)29-6)28(8-2)9-3;2*14-5-1-2-6(7(15)3-5)11-12-9-10-4-8(18-9)13(16)17;/h10-17H,7-9H2,1-6H3;2*1-4H,(H2,10,12,14,15);/q+1;;;/p-2. The molecule has 2 aromatic heterocycles. The molecule has 1 radical (unpaired) electrons. The number of benzene rings is 2. The molecule has 4 aromatic rings. The second-order valence-electron chi connectivity index (χ2n) is 13.9. The summed E-state index contributed by atoms with van der Waals surface area (Å²) in [5.41, 5.74) is 6.54. The van der Waals surface area contributed by atoms with Crippen LogP contribution in [-0.4, -0.2) is 80.6 Å². The first kappa shape index (κ1) is 52.2. The van der Waals surface area contributed by atoms with Crippen molar-refractivity contribution in [2.75, 3.05) is 32.1 Å². The molecule has 2 N–H and O–H groups in total. The molecule has 0 saturated carbocycles. The Morgan fingerprint density at radius 3 is 1.80 bits per heavy atom. The van der Waals surface area contributed by atoms with Gasteiger partial charge in [-0.3, -0.25) is 40.0 Å². The van der Waals surface area contributed by atoms with Gasteiger partial charge in [-0.05, 0) is 104 Å². The van der Waals surface area contributed by atoms with E-state index in [1.54, 1.807) is 7.11 Å². The molecule has 2 aliphatic carbocycles. The van der Waals surface area contributed by atoms with Gasteiger partial charge in [0.1, 0.15) is 35.7 Å². The third-order valence-electron chi connectivity index (χ3n) is 10.0. The van der Waals surface area contributed by atoms with Gasteiger partial charge >= 0.3 is 10.0 Å². The molecular formula is C43H42CoIN10O9S2-. The number of thiazole rings is 2. The summed E-state index contributed by atoms with van der Waals surface area (Å²) < 4.78 is 9.34.